The lowest BCUT2D eigenvalue weighted by molar-refractivity contribution is -0.116. The summed E-state index contributed by atoms with van der Waals surface area (Å²) in [6.45, 7) is 5.62. The molecule has 3 N–H and O–H groups in total. The predicted molar refractivity (Wildman–Crippen MR) is 80.5 cm³/mol. The lowest BCUT2D eigenvalue weighted by atomic mass is 10.1. The van der Waals surface area contributed by atoms with Gasteiger partial charge in [0, 0.05) is 12.5 Å². The van der Waals surface area contributed by atoms with Crippen molar-refractivity contribution in [3.8, 4) is 0 Å². The quantitative estimate of drug-likeness (QED) is 0.917. The number of hydrogen-bond donors (Lipinski definition) is 1. The van der Waals surface area contributed by atoms with Crippen molar-refractivity contribution in [3.63, 3.8) is 0 Å². The summed E-state index contributed by atoms with van der Waals surface area (Å²) in [7, 11) is 1.99. The number of carbonyl (C=O) groups excluding carboxylic acids is 1. The van der Waals surface area contributed by atoms with Crippen molar-refractivity contribution in [2.45, 2.75) is 39.7 Å². The minimum Gasteiger partial charge on any atom is -0.412 e. The second kappa shape index (κ2) is 14.2. The molecule has 0 saturated heterocycles. The Bertz CT molecular complexity index is 291. The summed E-state index contributed by atoms with van der Waals surface area (Å²) in [4.78, 5) is 9.81. The van der Waals surface area contributed by atoms with E-state index >= 15 is 0 Å². The van der Waals surface area contributed by atoms with Gasteiger partial charge in [0.05, 0.1) is 0 Å². The highest BCUT2D eigenvalue weighted by atomic mass is 35.5. The van der Waals surface area contributed by atoms with Crippen LogP contribution in [0.25, 0.3) is 0 Å². The first kappa shape index (κ1) is 22.3. The van der Waals surface area contributed by atoms with Crippen molar-refractivity contribution >= 4 is 18.2 Å². The van der Waals surface area contributed by atoms with Crippen LogP contribution in [0.1, 0.15) is 32.8 Å². The molecule has 0 spiro atoms. The van der Waals surface area contributed by atoms with Gasteiger partial charge in [-0.3, -0.25) is 0 Å². The molecule has 0 aliphatic rings. The topological polar surface area (TPSA) is 60.6 Å². The van der Waals surface area contributed by atoms with Crippen LogP contribution in [0.2, 0.25) is 0 Å². The fourth-order valence-corrected chi connectivity index (χ4v) is 1.07. The first-order chi connectivity index (χ1) is 7.60. The third kappa shape index (κ3) is 13.2. The zero-order chi connectivity index (χ0) is 12.4. The lowest BCUT2D eigenvalue weighted by Crippen LogP contribution is -2.23. The van der Waals surface area contributed by atoms with Gasteiger partial charge in [-0.05, 0) is 32.9 Å². The van der Waals surface area contributed by atoms with Gasteiger partial charge < -0.3 is 15.6 Å². The van der Waals surface area contributed by atoms with Gasteiger partial charge >= 0.3 is 0 Å². The van der Waals surface area contributed by atoms with E-state index in [2.05, 4.69) is 36.5 Å². The number of rotatable bonds is 4. The van der Waals surface area contributed by atoms with Crippen LogP contribution in [0.15, 0.2) is 30.3 Å². The maximum absolute atomic E-state index is 9.81. The third-order valence-corrected chi connectivity index (χ3v) is 2.38. The molecule has 0 unspecified atom stereocenters. The summed E-state index contributed by atoms with van der Waals surface area (Å²) in [5.41, 5.74) is 1.40. The summed E-state index contributed by atoms with van der Waals surface area (Å²) in [5, 5.41) is 3.21. The van der Waals surface area contributed by atoms with Gasteiger partial charge in [0.2, 0.25) is 0 Å². The number of likely N-dealkylation sites (N-methyl/N-ethyl adjacent to an activating group) is 1. The Balaban J connectivity index is -0.000000282. The predicted octanol–water partition coefficient (Wildman–Crippen LogP) is 2.42. The molecule has 1 aromatic rings. The summed E-state index contributed by atoms with van der Waals surface area (Å²) in [5.74, 6) is 0.255. The van der Waals surface area contributed by atoms with Gasteiger partial charge in [0.1, 0.15) is 5.78 Å². The Morgan fingerprint density at radius 3 is 2.06 bits per heavy atom. The molecule has 3 nitrogen and oxygen atoms in total. The first-order valence-corrected chi connectivity index (χ1v) is 5.80. The minimum absolute atomic E-state index is 0. The Hall–Kier alpha value is -0.900. The van der Waals surface area contributed by atoms with E-state index in [0.29, 0.717) is 12.5 Å². The maximum atomic E-state index is 9.81. The van der Waals surface area contributed by atoms with Crippen LogP contribution in [0.3, 0.4) is 0 Å². The largest absolute Gasteiger partial charge is 0.412 e. The number of halogens is 1. The first-order valence-electron chi connectivity index (χ1n) is 5.80. The molecular formula is C14H26ClNO2. The van der Waals surface area contributed by atoms with Crippen LogP contribution in [0, 0.1) is 0 Å². The van der Waals surface area contributed by atoms with E-state index in [9.17, 15) is 4.79 Å². The second-order valence-corrected chi connectivity index (χ2v) is 3.94. The molecule has 0 radical (unpaired) electrons. The SMILES string of the molecule is CCC(C)=O.CN[C@@H](C)Cc1ccccc1.Cl.O. The monoisotopic (exact) mass is 275 g/mol. The number of hydrogen-bond acceptors (Lipinski definition) is 2. The number of ketones is 1. The van der Waals surface area contributed by atoms with Crippen LogP contribution in [-0.4, -0.2) is 24.3 Å². The highest BCUT2D eigenvalue weighted by molar-refractivity contribution is 5.85. The van der Waals surface area contributed by atoms with Gasteiger partial charge in [-0.2, -0.15) is 0 Å². The number of nitrogens with one attached hydrogen (secondary N) is 1. The van der Waals surface area contributed by atoms with E-state index in [1.54, 1.807) is 6.92 Å². The van der Waals surface area contributed by atoms with E-state index in [4.69, 9.17) is 0 Å². The summed E-state index contributed by atoms with van der Waals surface area (Å²) in [6, 6.07) is 11.1. The Morgan fingerprint density at radius 2 is 1.72 bits per heavy atom. The average Bonchev–Trinajstić information content (AvgIpc) is 2.31. The Kier molecular flexibility index (Phi) is 17.5. The molecule has 0 fully saturated rings. The van der Waals surface area contributed by atoms with Crippen molar-refractivity contribution in [3.05, 3.63) is 35.9 Å². The lowest BCUT2D eigenvalue weighted by Gasteiger charge is -2.08. The van der Waals surface area contributed by atoms with Crippen LogP contribution in [0.5, 0.6) is 0 Å². The fraction of sp³-hybridized carbons (Fsp3) is 0.500. The molecule has 0 heterocycles. The molecule has 1 rings (SSSR count). The van der Waals surface area contributed by atoms with Crippen LogP contribution in [-0.2, 0) is 11.2 Å². The highest BCUT2D eigenvalue weighted by Gasteiger charge is 1.97. The van der Waals surface area contributed by atoms with Crippen molar-refractivity contribution in [1.29, 1.82) is 0 Å². The van der Waals surface area contributed by atoms with Crippen molar-refractivity contribution in [1.82, 2.24) is 5.32 Å². The standard InChI is InChI=1S/C10H15N.C4H8O.ClH.H2O/c1-9(11-2)8-10-6-4-3-5-7-10;1-3-4(2)5;;/h3-7,9,11H,8H2,1-2H3;3H2,1-2H3;1H;1H2/t9-;;;/m0.../s1. The van der Waals surface area contributed by atoms with E-state index < -0.39 is 0 Å². The fourth-order valence-electron chi connectivity index (χ4n) is 1.07. The van der Waals surface area contributed by atoms with E-state index in [0.717, 1.165) is 6.42 Å². The summed E-state index contributed by atoms with van der Waals surface area (Å²) >= 11 is 0. The smallest absolute Gasteiger partial charge is 0.129 e. The minimum atomic E-state index is 0. The molecule has 0 bridgehead atoms. The van der Waals surface area contributed by atoms with Crippen molar-refractivity contribution < 1.29 is 10.3 Å². The third-order valence-electron chi connectivity index (χ3n) is 2.38. The Morgan fingerprint density at radius 1 is 1.28 bits per heavy atom. The molecule has 0 aromatic heterocycles. The highest BCUT2D eigenvalue weighted by Crippen LogP contribution is 2.01. The van der Waals surface area contributed by atoms with Gasteiger partial charge in [0.25, 0.3) is 0 Å². The van der Waals surface area contributed by atoms with Crippen molar-refractivity contribution in [2.24, 2.45) is 0 Å². The summed E-state index contributed by atoms with van der Waals surface area (Å²) < 4.78 is 0. The molecule has 0 saturated carbocycles. The molecule has 106 valence electrons. The molecule has 0 aliphatic heterocycles. The zero-order valence-corrected chi connectivity index (χ0v) is 12.5. The maximum Gasteiger partial charge on any atom is 0.129 e. The molecule has 4 heteroatoms. The van der Waals surface area contributed by atoms with E-state index in [1.165, 1.54) is 5.56 Å². The number of Topliss-reactive ketones (excluding diaryl/α,β-unsaturated/α-hetero) is 1. The van der Waals surface area contributed by atoms with E-state index in [-0.39, 0.29) is 23.7 Å². The normalized spacial score (nSPS) is 10.0. The van der Waals surface area contributed by atoms with Crippen LogP contribution < -0.4 is 5.32 Å². The number of benzene rings is 1. The average molecular weight is 276 g/mol. The second-order valence-electron chi connectivity index (χ2n) is 3.94. The van der Waals surface area contributed by atoms with Crippen molar-refractivity contribution in [2.75, 3.05) is 7.05 Å². The molecule has 1 atom stereocenters. The molecule has 0 amide bonds. The molecule has 18 heavy (non-hydrogen) atoms. The van der Waals surface area contributed by atoms with Crippen LogP contribution in [0.4, 0.5) is 0 Å². The molecule has 0 aliphatic carbocycles. The Labute approximate surface area is 117 Å². The van der Waals surface area contributed by atoms with E-state index in [1.807, 2.05) is 20.0 Å². The van der Waals surface area contributed by atoms with Gasteiger partial charge in [-0.25, -0.2) is 0 Å². The van der Waals surface area contributed by atoms with Gasteiger partial charge in [0.15, 0.2) is 0 Å². The molecule has 1 aromatic carbocycles. The summed E-state index contributed by atoms with van der Waals surface area (Å²) in [6.07, 6.45) is 1.78. The van der Waals surface area contributed by atoms with Gasteiger partial charge in [-0.1, -0.05) is 37.3 Å². The van der Waals surface area contributed by atoms with Gasteiger partial charge in [-0.15, -0.1) is 12.4 Å². The van der Waals surface area contributed by atoms with Crippen LogP contribution >= 0.6 is 12.4 Å². The zero-order valence-electron chi connectivity index (χ0n) is 11.7. The molecular weight excluding hydrogens is 250 g/mol. The number of carbonyl (C=O) groups is 1.